The molecule has 7 heteroatoms. The molecule has 0 aliphatic rings. The summed E-state index contributed by atoms with van der Waals surface area (Å²) in [6, 6.07) is 6.55. The van der Waals surface area contributed by atoms with Gasteiger partial charge in [-0.3, -0.25) is 14.5 Å². The Morgan fingerprint density at radius 1 is 1.42 bits per heavy atom. The molecule has 2 N–H and O–H groups in total. The molecule has 0 radical (unpaired) electrons. The number of carbonyl (C=O) groups is 1. The molecule has 2 aromatic heterocycles. The first-order valence-electron chi connectivity index (χ1n) is 5.56. The zero-order valence-electron chi connectivity index (χ0n) is 10.0. The fraction of sp³-hybridized carbons (Fsp3) is 0.0833. The van der Waals surface area contributed by atoms with E-state index in [9.17, 15) is 9.59 Å². The van der Waals surface area contributed by atoms with Crippen LogP contribution in [0.3, 0.4) is 0 Å². The molecule has 0 aliphatic carbocycles. The van der Waals surface area contributed by atoms with Gasteiger partial charge in [-0.15, -0.1) is 0 Å². The van der Waals surface area contributed by atoms with Gasteiger partial charge in [-0.25, -0.2) is 4.79 Å². The zero-order chi connectivity index (χ0) is 13.4. The molecule has 0 aliphatic heterocycles. The summed E-state index contributed by atoms with van der Waals surface area (Å²) < 4.78 is 6.40. The van der Waals surface area contributed by atoms with E-state index < -0.39 is 5.76 Å². The molecule has 2 heterocycles. The maximum atomic E-state index is 12.0. The van der Waals surface area contributed by atoms with Gasteiger partial charge in [0.15, 0.2) is 5.58 Å². The maximum Gasteiger partial charge on any atom is 0.417 e. The van der Waals surface area contributed by atoms with Crippen molar-refractivity contribution in [1.82, 2.24) is 14.8 Å². The number of H-pyrrole nitrogens is 1. The monoisotopic (exact) mass is 258 g/mol. The molecule has 0 saturated heterocycles. The number of aromatic nitrogens is 3. The smallest absolute Gasteiger partial charge is 0.408 e. The lowest BCUT2D eigenvalue weighted by Crippen LogP contribution is -2.15. The number of hydrogen-bond donors (Lipinski definition) is 2. The van der Waals surface area contributed by atoms with Crippen molar-refractivity contribution in [3.8, 4) is 0 Å². The van der Waals surface area contributed by atoms with Crippen LogP contribution in [0.5, 0.6) is 0 Å². The number of anilines is 1. The number of benzene rings is 1. The molecule has 7 nitrogen and oxygen atoms in total. The fourth-order valence-corrected chi connectivity index (χ4v) is 1.81. The highest BCUT2D eigenvalue weighted by Gasteiger charge is 2.11. The minimum atomic E-state index is -0.523. The van der Waals surface area contributed by atoms with E-state index in [1.54, 1.807) is 37.5 Å². The summed E-state index contributed by atoms with van der Waals surface area (Å²) >= 11 is 0. The molecule has 19 heavy (non-hydrogen) atoms. The number of aryl methyl sites for hydroxylation is 1. The van der Waals surface area contributed by atoms with Gasteiger partial charge in [-0.1, -0.05) is 0 Å². The van der Waals surface area contributed by atoms with E-state index >= 15 is 0 Å². The molecular weight excluding hydrogens is 248 g/mol. The number of nitrogens with one attached hydrogen (secondary N) is 2. The summed E-state index contributed by atoms with van der Waals surface area (Å²) in [5.74, 6) is -0.803. The Kier molecular flexibility index (Phi) is 2.45. The summed E-state index contributed by atoms with van der Waals surface area (Å²) in [6.45, 7) is 0. The Morgan fingerprint density at radius 2 is 2.26 bits per heavy atom. The fourth-order valence-electron chi connectivity index (χ4n) is 1.81. The number of carbonyl (C=O) groups excluding carboxylic acids is 1. The molecule has 3 rings (SSSR count). The predicted octanol–water partition coefficient (Wildman–Crippen LogP) is 1.11. The Labute approximate surface area is 106 Å². The van der Waals surface area contributed by atoms with Gasteiger partial charge in [-0.2, -0.15) is 5.10 Å². The molecular formula is C12H10N4O3. The van der Waals surface area contributed by atoms with E-state index in [-0.39, 0.29) is 5.91 Å². The minimum Gasteiger partial charge on any atom is -0.408 e. The first kappa shape index (κ1) is 11.3. The van der Waals surface area contributed by atoms with Crippen LogP contribution in [0.15, 0.2) is 39.7 Å². The van der Waals surface area contributed by atoms with Crippen LogP contribution in [0.25, 0.3) is 11.1 Å². The van der Waals surface area contributed by atoms with E-state index in [1.807, 2.05) is 0 Å². The van der Waals surface area contributed by atoms with Crippen LogP contribution in [-0.2, 0) is 7.05 Å². The number of amides is 1. The van der Waals surface area contributed by atoms with Gasteiger partial charge in [-0.05, 0) is 18.2 Å². The predicted molar refractivity (Wildman–Crippen MR) is 68.0 cm³/mol. The van der Waals surface area contributed by atoms with Crippen molar-refractivity contribution < 1.29 is 9.21 Å². The number of oxazole rings is 1. The third-order valence-corrected chi connectivity index (χ3v) is 2.73. The Balaban J connectivity index is 1.91. The van der Waals surface area contributed by atoms with Crippen molar-refractivity contribution in [2.24, 2.45) is 7.05 Å². The Morgan fingerprint density at radius 3 is 3.00 bits per heavy atom. The van der Waals surface area contributed by atoms with Crippen LogP contribution in [0, 0.1) is 0 Å². The van der Waals surface area contributed by atoms with E-state index in [2.05, 4.69) is 15.4 Å². The highest BCUT2D eigenvalue weighted by atomic mass is 16.4. The second-order valence-corrected chi connectivity index (χ2v) is 4.02. The van der Waals surface area contributed by atoms with Crippen LogP contribution in [0.1, 0.15) is 10.5 Å². The van der Waals surface area contributed by atoms with Gasteiger partial charge >= 0.3 is 5.76 Å². The molecule has 1 amide bonds. The summed E-state index contributed by atoms with van der Waals surface area (Å²) in [4.78, 5) is 25.5. The lowest BCUT2D eigenvalue weighted by Gasteiger charge is -2.04. The second kappa shape index (κ2) is 4.13. The lowest BCUT2D eigenvalue weighted by atomic mass is 10.2. The molecule has 0 unspecified atom stereocenters. The summed E-state index contributed by atoms with van der Waals surface area (Å²) in [6.07, 6.45) is 1.54. The Bertz CT molecular complexity index is 812. The van der Waals surface area contributed by atoms with Gasteiger partial charge in [0.1, 0.15) is 5.69 Å². The third-order valence-electron chi connectivity index (χ3n) is 2.73. The third kappa shape index (κ3) is 2.01. The molecule has 0 bridgehead atoms. The maximum absolute atomic E-state index is 12.0. The normalized spacial score (nSPS) is 10.8. The quantitative estimate of drug-likeness (QED) is 0.720. The zero-order valence-corrected chi connectivity index (χ0v) is 10.0. The van der Waals surface area contributed by atoms with Crippen LogP contribution in [-0.4, -0.2) is 20.7 Å². The first-order valence-corrected chi connectivity index (χ1v) is 5.56. The van der Waals surface area contributed by atoms with E-state index in [1.165, 1.54) is 4.68 Å². The summed E-state index contributed by atoms with van der Waals surface area (Å²) in [7, 11) is 1.68. The van der Waals surface area contributed by atoms with Crippen molar-refractivity contribution in [3.63, 3.8) is 0 Å². The van der Waals surface area contributed by atoms with Gasteiger partial charge < -0.3 is 9.73 Å². The van der Waals surface area contributed by atoms with Gasteiger partial charge in [0, 0.05) is 25.0 Å². The standard InChI is InChI=1S/C12H10N4O3/c1-16-9(4-5-13-16)11(17)14-7-2-3-8-10(6-7)19-12(18)15-8/h2-6H,1H3,(H,14,17)(H,15,18). The van der Waals surface area contributed by atoms with Crippen molar-refractivity contribution >= 4 is 22.7 Å². The van der Waals surface area contributed by atoms with Crippen LogP contribution in [0.4, 0.5) is 5.69 Å². The number of rotatable bonds is 2. The molecule has 0 spiro atoms. The van der Waals surface area contributed by atoms with Crippen LogP contribution < -0.4 is 11.1 Å². The minimum absolute atomic E-state index is 0.280. The molecule has 0 atom stereocenters. The molecule has 0 saturated carbocycles. The molecule has 0 fully saturated rings. The first-order chi connectivity index (χ1) is 9.13. The van der Waals surface area contributed by atoms with E-state index in [0.29, 0.717) is 22.5 Å². The van der Waals surface area contributed by atoms with Gasteiger partial charge in [0.25, 0.3) is 5.91 Å². The van der Waals surface area contributed by atoms with Gasteiger partial charge in [0.05, 0.1) is 5.52 Å². The van der Waals surface area contributed by atoms with Gasteiger partial charge in [0.2, 0.25) is 0 Å². The van der Waals surface area contributed by atoms with E-state index in [4.69, 9.17) is 4.42 Å². The largest absolute Gasteiger partial charge is 0.417 e. The average molecular weight is 258 g/mol. The highest BCUT2D eigenvalue weighted by molar-refractivity contribution is 6.03. The van der Waals surface area contributed by atoms with Crippen molar-refractivity contribution in [2.45, 2.75) is 0 Å². The SMILES string of the molecule is Cn1nccc1C(=O)Nc1ccc2[nH]c(=O)oc2c1. The summed E-state index contributed by atoms with van der Waals surface area (Å²) in [5.41, 5.74) is 1.97. The second-order valence-electron chi connectivity index (χ2n) is 4.02. The van der Waals surface area contributed by atoms with E-state index in [0.717, 1.165) is 0 Å². The number of hydrogen-bond acceptors (Lipinski definition) is 4. The molecule has 96 valence electrons. The van der Waals surface area contributed by atoms with Crippen molar-refractivity contribution in [2.75, 3.05) is 5.32 Å². The summed E-state index contributed by atoms with van der Waals surface area (Å²) in [5, 5.41) is 6.63. The Hall–Kier alpha value is -2.83. The van der Waals surface area contributed by atoms with Crippen LogP contribution in [0.2, 0.25) is 0 Å². The van der Waals surface area contributed by atoms with Crippen LogP contribution >= 0.6 is 0 Å². The molecule has 1 aromatic carbocycles. The van der Waals surface area contributed by atoms with Crippen molar-refractivity contribution in [1.29, 1.82) is 0 Å². The average Bonchev–Trinajstić information content (AvgIpc) is 2.93. The topological polar surface area (TPSA) is 92.9 Å². The number of aromatic amines is 1. The van der Waals surface area contributed by atoms with Crippen molar-refractivity contribution in [3.05, 3.63) is 46.7 Å². The highest BCUT2D eigenvalue weighted by Crippen LogP contribution is 2.16. The lowest BCUT2D eigenvalue weighted by molar-refractivity contribution is 0.101. The molecule has 3 aromatic rings. The number of nitrogens with zero attached hydrogens (tertiary/aromatic N) is 2. The number of fused-ring (bicyclic) bond motifs is 1.